The maximum Gasteiger partial charge on any atom is 0.191 e. The first kappa shape index (κ1) is 20.0. The predicted octanol–water partition coefficient (Wildman–Crippen LogP) is 2.69. The van der Waals surface area contributed by atoms with Gasteiger partial charge in [0, 0.05) is 19.6 Å². The molecule has 1 atom stereocenters. The molecule has 1 heterocycles. The minimum Gasteiger partial charge on any atom is -0.356 e. The summed E-state index contributed by atoms with van der Waals surface area (Å²) < 4.78 is 0. The summed E-state index contributed by atoms with van der Waals surface area (Å²) in [6.45, 7) is 11.4. The van der Waals surface area contributed by atoms with Crippen molar-refractivity contribution in [3.05, 3.63) is 0 Å². The predicted molar refractivity (Wildman–Crippen MR) is 99.1 cm³/mol. The van der Waals surface area contributed by atoms with Crippen LogP contribution < -0.4 is 10.6 Å². The van der Waals surface area contributed by atoms with Crippen LogP contribution in [0.25, 0.3) is 0 Å². The van der Waals surface area contributed by atoms with Crippen LogP contribution in [0.15, 0.2) is 4.99 Å². The number of guanidine groups is 1. The Hall–Kier alpha value is -0.0400. The van der Waals surface area contributed by atoms with E-state index in [1.807, 2.05) is 7.05 Å². The molecule has 0 aromatic carbocycles. The van der Waals surface area contributed by atoms with Gasteiger partial charge in [-0.05, 0) is 58.2 Å². The second-order valence-electron chi connectivity index (χ2n) is 5.62. The van der Waals surface area contributed by atoms with Crippen LogP contribution in [0, 0.1) is 5.92 Å². The van der Waals surface area contributed by atoms with Gasteiger partial charge in [0.25, 0.3) is 0 Å². The lowest BCUT2D eigenvalue weighted by molar-refractivity contribution is 0.187. The molecule has 4 nitrogen and oxygen atoms in total. The monoisotopic (exact) mass is 396 g/mol. The zero-order valence-corrected chi connectivity index (χ0v) is 15.9. The van der Waals surface area contributed by atoms with Gasteiger partial charge in [-0.3, -0.25) is 4.99 Å². The molecule has 1 aliphatic rings. The van der Waals surface area contributed by atoms with Gasteiger partial charge in [0.05, 0.1) is 0 Å². The molecule has 0 radical (unpaired) electrons. The molecule has 1 unspecified atom stereocenters. The zero-order valence-electron chi connectivity index (χ0n) is 13.6. The van der Waals surface area contributed by atoms with Crippen LogP contribution in [0.3, 0.4) is 0 Å². The van der Waals surface area contributed by atoms with Crippen molar-refractivity contribution < 1.29 is 0 Å². The highest BCUT2D eigenvalue weighted by Gasteiger charge is 2.17. The molecular formula is C15H33IN4. The molecule has 0 aromatic heterocycles. The van der Waals surface area contributed by atoms with E-state index >= 15 is 0 Å². The van der Waals surface area contributed by atoms with Gasteiger partial charge in [-0.1, -0.05) is 13.8 Å². The van der Waals surface area contributed by atoms with E-state index in [0.29, 0.717) is 6.04 Å². The van der Waals surface area contributed by atoms with E-state index in [1.54, 1.807) is 0 Å². The Morgan fingerprint density at radius 1 is 1.30 bits per heavy atom. The Morgan fingerprint density at radius 3 is 2.45 bits per heavy atom. The molecule has 1 saturated heterocycles. The molecule has 0 saturated carbocycles. The lowest BCUT2D eigenvalue weighted by atomic mass is 9.93. The van der Waals surface area contributed by atoms with Crippen molar-refractivity contribution in [2.45, 2.75) is 52.5 Å². The number of likely N-dealkylation sites (tertiary alicyclic amines) is 1. The van der Waals surface area contributed by atoms with Crippen molar-refractivity contribution in [3.63, 3.8) is 0 Å². The third kappa shape index (κ3) is 7.67. The fourth-order valence-corrected chi connectivity index (χ4v) is 2.52. The number of nitrogens with one attached hydrogen (secondary N) is 2. The van der Waals surface area contributed by atoms with Gasteiger partial charge < -0.3 is 15.5 Å². The summed E-state index contributed by atoms with van der Waals surface area (Å²) in [7, 11) is 1.84. The number of piperidine rings is 1. The molecule has 0 amide bonds. The maximum absolute atomic E-state index is 4.27. The van der Waals surface area contributed by atoms with Crippen molar-refractivity contribution in [2.75, 3.05) is 33.2 Å². The van der Waals surface area contributed by atoms with Gasteiger partial charge in [0.15, 0.2) is 5.96 Å². The fraction of sp³-hybridized carbons (Fsp3) is 0.933. The first-order valence-corrected chi connectivity index (χ1v) is 7.89. The van der Waals surface area contributed by atoms with E-state index in [4.69, 9.17) is 0 Å². The van der Waals surface area contributed by atoms with Crippen LogP contribution in [0.1, 0.15) is 46.5 Å². The molecule has 20 heavy (non-hydrogen) atoms. The van der Waals surface area contributed by atoms with Crippen LogP contribution >= 0.6 is 24.0 Å². The molecule has 120 valence electrons. The average molecular weight is 396 g/mol. The largest absolute Gasteiger partial charge is 0.356 e. The summed E-state index contributed by atoms with van der Waals surface area (Å²) in [6, 6.07) is 0.485. The van der Waals surface area contributed by atoms with Gasteiger partial charge >= 0.3 is 0 Å². The number of hydrogen-bond acceptors (Lipinski definition) is 2. The quantitative estimate of drug-likeness (QED) is 0.412. The number of rotatable bonds is 6. The van der Waals surface area contributed by atoms with Crippen LogP contribution in [0.4, 0.5) is 0 Å². The maximum atomic E-state index is 4.27. The number of halogens is 1. The van der Waals surface area contributed by atoms with Crippen LogP contribution in [-0.2, 0) is 0 Å². The number of nitrogens with zero attached hydrogens (tertiary/aromatic N) is 2. The lowest BCUT2D eigenvalue weighted by Gasteiger charge is -2.31. The second-order valence-corrected chi connectivity index (χ2v) is 5.62. The molecule has 0 aromatic rings. The van der Waals surface area contributed by atoms with E-state index in [1.165, 1.54) is 38.9 Å². The van der Waals surface area contributed by atoms with Crippen molar-refractivity contribution in [1.29, 1.82) is 0 Å². The van der Waals surface area contributed by atoms with Crippen molar-refractivity contribution in [1.82, 2.24) is 15.5 Å². The smallest absolute Gasteiger partial charge is 0.191 e. The zero-order chi connectivity index (χ0) is 14.1. The first-order valence-electron chi connectivity index (χ1n) is 7.89. The molecule has 5 heteroatoms. The Morgan fingerprint density at radius 2 is 1.95 bits per heavy atom. The molecule has 1 aliphatic heterocycles. The summed E-state index contributed by atoms with van der Waals surface area (Å²) in [4.78, 5) is 6.82. The molecular weight excluding hydrogens is 363 g/mol. The van der Waals surface area contributed by atoms with Crippen molar-refractivity contribution in [2.24, 2.45) is 10.9 Å². The van der Waals surface area contributed by atoms with E-state index in [2.05, 4.69) is 41.3 Å². The second kappa shape index (κ2) is 11.6. The molecule has 1 rings (SSSR count). The summed E-state index contributed by atoms with van der Waals surface area (Å²) in [6.07, 6.45) is 5.09. The minimum absolute atomic E-state index is 0. The van der Waals surface area contributed by atoms with Crippen LogP contribution in [-0.4, -0.2) is 50.1 Å². The number of aliphatic imine (C=N–C) groups is 1. The topological polar surface area (TPSA) is 39.7 Å². The van der Waals surface area contributed by atoms with Crippen LogP contribution in [0.2, 0.25) is 0 Å². The van der Waals surface area contributed by atoms with E-state index < -0.39 is 0 Å². The van der Waals surface area contributed by atoms with E-state index in [0.717, 1.165) is 24.8 Å². The summed E-state index contributed by atoms with van der Waals surface area (Å²) in [5.41, 5.74) is 0. The third-order valence-electron chi connectivity index (χ3n) is 4.22. The van der Waals surface area contributed by atoms with E-state index in [-0.39, 0.29) is 24.0 Å². The molecule has 0 bridgehead atoms. The third-order valence-corrected chi connectivity index (χ3v) is 4.22. The highest BCUT2D eigenvalue weighted by molar-refractivity contribution is 14.0. The summed E-state index contributed by atoms with van der Waals surface area (Å²) in [5, 5.41) is 6.83. The fourth-order valence-electron chi connectivity index (χ4n) is 2.52. The molecule has 1 fully saturated rings. The summed E-state index contributed by atoms with van der Waals surface area (Å²) in [5.74, 6) is 1.83. The minimum atomic E-state index is 0. The Balaban J connectivity index is 0.00000361. The normalized spacial score (nSPS) is 19.3. The van der Waals surface area contributed by atoms with Gasteiger partial charge in [0.2, 0.25) is 0 Å². The average Bonchev–Trinajstić information content (AvgIpc) is 2.46. The SMILES string of the molecule is CCC(C)NC(=NC)NCCC1CCN(CC)CC1.I. The first-order chi connectivity index (χ1) is 9.19. The standard InChI is InChI=1S/C15H32N4.HI/c1-5-13(3)18-15(16-4)17-10-7-14-8-11-19(6-2)12-9-14;/h13-14H,5-12H2,1-4H3,(H2,16,17,18);1H. The van der Waals surface area contributed by atoms with Gasteiger partial charge in [-0.2, -0.15) is 0 Å². The van der Waals surface area contributed by atoms with Crippen molar-refractivity contribution >= 4 is 29.9 Å². The lowest BCUT2D eigenvalue weighted by Crippen LogP contribution is -2.43. The molecule has 2 N–H and O–H groups in total. The Labute approximate surface area is 142 Å². The van der Waals surface area contributed by atoms with E-state index in [9.17, 15) is 0 Å². The van der Waals surface area contributed by atoms with Gasteiger partial charge in [0.1, 0.15) is 0 Å². The summed E-state index contributed by atoms with van der Waals surface area (Å²) >= 11 is 0. The van der Waals surface area contributed by atoms with Gasteiger partial charge in [-0.25, -0.2) is 0 Å². The molecule has 0 spiro atoms. The Bertz CT molecular complexity index is 263. The van der Waals surface area contributed by atoms with Crippen LogP contribution in [0.5, 0.6) is 0 Å². The van der Waals surface area contributed by atoms with Crippen molar-refractivity contribution in [3.8, 4) is 0 Å². The van der Waals surface area contributed by atoms with Gasteiger partial charge in [-0.15, -0.1) is 24.0 Å². The highest BCUT2D eigenvalue weighted by Crippen LogP contribution is 2.19. The number of hydrogen-bond donors (Lipinski definition) is 2. The molecule has 0 aliphatic carbocycles. The highest BCUT2D eigenvalue weighted by atomic mass is 127. The Kier molecular flexibility index (Phi) is 11.6.